The average Bonchev–Trinajstić information content (AvgIpc) is 2.31. The Balaban J connectivity index is 2.79. The van der Waals surface area contributed by atoms with Crippen LogP contribution in [0, 0.1) is 11.8 Å². The number of aliphatic imine (C=N–C) groups is 1. The maximum Gasteiger partial charge on any atom is 0.327 e. The van der Waals surface area contributed by atoms with Crippen LogP contribution in [0.1, 0.15) is 18.1 Å². The van der Waals surface area contributed by atoms with Gasteiger partial charge >= 0.3 is 5.97 Å². The molecule has 0 bridgehead atoms. The average molecular weight is 215 g/mol. The van der Waals surface area contributed by atoms with E-state index in [2.05, 4.69) is 21.6 Å². The second-order valence-corrected chi connectivity index (χ2v) is 3.01. The van der Waals surface area contributed by atoms with Crippen molar-refractivity contribution >= 4 is 12.2 Å². The van der Waals surface area contributed by atoms with E-state index in [0.717, 1.165) is 11.1 Å². The highest BCUT2D eigenvalue weighted by Crippen LogP contribution is 2.04. The number of nitrogens with zero attached hydrogens (tertiary/aromatic N) is 1. The van der Waals surface area contributed by atoms with Gasteiger partial charge in [0.25, 0.3) is 0 Å². The first kappa shape index (κ1) is 12.0. The monoisotopic (exact) mass is 215 g/mol. The second-order valence-electron chi connectivity index (χ2n) is 3.01. The van der Waals surface area contributed by atoms with Gasteiger partial charge in [0.1, 0.15) is 6.54 Å². The minimum Gasteiger partial charge on any atom is -0.468 e. The molecule has 0 fully saturated rings. The molecule has 0 atom stereocenters. The Bertz CT molecular complexity index is 452. The molecule has 0 spiro atoms. The lowest BCUT2D eigenvalue weighted by molar-refractivity contribution is -0.138. The smallest absolute Gasteiger partial charge is 0.327 e. The molecule has 0 unspecified atom stereocenters. The highest BCUT2D eigenvalue weighted by molar-refractivity contribution is 5.85. The number of carbonyl (C=O) groups is 1. The molecule has 82 valence electrons. The molecular formula is C13H13NO2. The molecule has 0 saturated carbocycles. The zero-order valence-corrected chi connectivity index (χ0v) is 9.36. The summed E-state index contributed by atoms with van der Waals surface area (Å²) in [5.74, 6) is 5.45. The number of ether oxygens (including phenoxy) is 1. The number of hydrogen-bond donors (Lipinski definition) is 0. The standard InChI is InChI=1S/C13H13NO2/c1-3-6-11-7-4-5-8-12(11)9-14-10-13(15)16-2/h4-5,7-9H,10H2,1-2H3. The number of benzene rings is 1. The van der Waals surface area contributed by atoms with Crippen molar-refractivity contribution in [3.05, 3.63) is 35.4 Å². The third-order valence-electron chi connectivity index (χ3n) is 1.90. The molecule has 3 nitrogen and oxygen atoms in total. The van der Waals surface area contributed by atoms with Gasteiger partial charge in [-0.1, -0.05) is 24.1 Å². The highest BCUT2D eigenvalue weighted by Gasteiger charge is 1.97. The van der Waals surface area contributed by atoms with Crippen LogP contribution in [0.3, 0.4) is 0 Å². The Morgan fingerprint density at radius 2 is 2.25 bits per heavy atom. The van der Waals surface area contributed by atoms with Crippen LogP contribution in [0.25, 0.3) is 0 Å². The largest absolute Gasteiger partial charge is 0.468 e. The number of methoxy groups -OCH3 is 1. The fraction of sp³-hybridized carbons (Fsp3) is 0.231. The molecule has 0 saturated heterocycles. The summed E-state index contributed by atoms with van der Waals surface area (Å²) in [5.41, 5.74) is 1.80. The van der Waals surface area contributed by atoms with Crippen LogP contribution < -0.4 is 0 Å². The molecule has 16 heavy (non-hydrogen) atoms. The predicted molar refractivity (Wildman–Crippen MR) is 63.5 cm³/mol. The van der Waals surface area contributed by atoms with Gasteiger partial charge in [-0.2, -0.15) is 0 Å². The normalized spacial score (nSPS) is 9.62. The Labute approximate surface area is 95.2 Å². The molecule has 0 aliphatic rings. The van der Waals surface area contributed by atoms with Crippen LogP contribution in [-0.4, -0.2) is 25.8 Å². The van der Waals surface area contributed by atoms with Crippen molar-refractivity contribution in [1.29, 1.82) is 0 Å². The number of hydrogen-bond acceptors (Lipinski definition) is 3. The van der Waals surface area contributed by atoms with E-state index < -0.39 is 0 Å². The maximum atomic E-state index is 10.8. The molecule has 3 heteroatoms. The van der Waals surface area contributed by atoms with Gasteiger partial charge in [-0.15, -0.1) is 5.92 Å². The van der Waals surface area contributed by atoms with Crippen LogP contribution in [0.15, 0.2) is 29.3 Å². The third kappa shape index (κ3) is 3.58. The van der Waals surface area contributed by atoms with Crippen LogP contribution in [0.5, 0.6) is 0 Å². The summed E-state index contributed by atoms with van der Waals surface area (Å²) in [4.78, 5) is 14.8. The van der Waals surface area contributed by atoms with Crippen LogP contribution >= 0.6 is 0 Å². The number of esters is 1. The van der Waals surface area contributed by atoms with E-state index in [-0.39, 0.29) is 12.5 Å². The lowest BCUT2D eigenvalue weighted by atomic mass is 10.1. The van der Waals surface area contributed by atoms with Crippen molar-refractivity contribution in [1.82, 2.24) is 0 Å². The summed E-state index contributed by atoms with van der Waals surface area (Å²) in [6, 6.07) is 7.63. The molecule has 0 aromatic heterocycles. The van der Waals surface area contributed by atoms with E-state index in [1.54, 1.807) is 13.1 Å². The lowest BCUT2D eigenvalue weighted by Gasteiger charge is -1.97. The van der Waals surface area contributed by atoms with E-state index in [9.17, 15) is 4.79 Å². The number of rotatable bonds is 3. The quantitative estimate of drug-likeness (QED) is 0.437. The molecule has 0 aliphatic heterocycles. The molecule has 0 heterocycles. The zero-order chi connectivity index (χ0) is 11.8. The highest BCUT2D eigenvalue weighted by atomic mass is 16.5. The predicted octanol–water partition coefficient (Wildman–Crippen LogP) is 1.65. The Morgan fingerprint density at radius 1 is 1.50 bits per heavy atom. The van der Waals surface area contributed by atoms with Crippen molar-refractivity contribution in [3.8, 4) is 11.8 Å². The van der Waals surface area contributed by atoms with E-state index in [1.807, 2.05) is 24.3 Å². The molecular weight excluding hydrogens is 202 g/mol. The summed E-state index contributed by atoms with van der Waals surface area (Å²) < 4.78 is 4.49. The lowest BCUT2D eigenvalue weighted by Crippen LogP contribution is -2.04. The summed E-state index contributed by atoms with van der Waals surface area (Å²) >= 11 is 0. The van der Waals surface area contributed by atoms with Crippen molar-refractivity contribution < 1.29 is 9.53 Å². The summed E-state index contributed by atoms with van der Waals surface area (Å²) in [6.45, 7) is 1.81. The first-order valence-electron chi connectivity index (χ1n) is 4.86. The van der Waals surface area contributed by atoms with Gasteiger partial charge in [0.15, 0.2) is 0 Å². The van der Waals surface area contributed by atoms with Crippen molar-refractivity contribution in [2.24, 2.45) is 4.99 Å². The van der Waals surface area contributed by atoms with Gasteiger partial charge in [-0.05, 0) is 13.0 Å². The maximum absolute atomic E-state index is 10.8. The van der Waals surface area contributed by atoms with Gasteiger partial charge in [-0.3, -0.25) is 9.79 Å². The molecule has 0 N–H and O–H groups in total. The minimum absolute atomic E-state index is 0.0321. The van der Waals surface area contributed by atoms with E-state index in [0.29, 0.717) is 0 Å². The number of carbonyl (C=O) groups excluding carboxylic acids is 1. The fourth-order valence-corrected chi connectivity index (χ4v) is 1.14. The zero-order valence-electron chi connectivity index (χ0n) is 9.36. The van der Waals surface area contributed by atoms with Crippen LogP contribution in [0.4, 0.5) is 0 Å². The van der Waals surface area contributed by atoms with Crippen molar-refractivity contribution in [3.63, 3.8) is 0 Å². The third-order valence-corrected chi connectivity index (χ3v) is 1.90. The van der Waals surface area contributed by atoms with Crippen molar-refractivity contribution in [2.45, 2.75) is 6.92 Å². The molecule has 1 aromatic carbocycles. The minimum atomic E-state index is -0.352. The molecule has 0 radical (unpaired) electrons. The van der Waals surface area contributed by atoms with Crippen LogP contribution in [0.2, 0.25) is 0 Å². The Hall–Kier alpha value is -2.08. The van der Waals surface area contributed by atoms with Gasteiger partial charge in [0.2, 0.25) is 0 Å². The topological polar surface area (TPSA) is 38.7 Å². The molecule has 1 rings (SSSR count). The summed E-state index contributed by atoms with van der Waals surface area (Å²) in [6.07, 6.45) is 1.64. The van der Waals surface area contributed by atoms with Crippen LogP contribution in [-0.2, 0) is 9.53 Å². The first-order chi connectivity index (χ1) is 7.77. The molecule has 0 amide bonds. The summed E-state index contributed by atoms with van der Waals surface area (Å²) in [5, 5.41) is 0. The first-order valence-corrected chi connectivity index (χ1v) is 4.86. The van der Waals surface area contributed by atoms with Crippen molar-refractivity contribution in [2.75, 3.05) is 13.7 Å². The summed E-state index contributed by atoms with van der Waals surface area (Å²) in [7, 11) is 1.34. The Kier molecular flexibility index (Phi) is 4.81. The van der Waals surface area contributed by atoms with E-state index in [4.69, 9.17) is 0 Å². The van der Waals surface area contributed by atoms with Gasteiger partial charge < -0.3 is 4.74 Å². The molecule has 1 aromatic rings. The van der Waals surface area contributed by atoms with E-state index >= 15 is 0 Å². The van der Waals surface area contributed by atoms with E-state index in [1.165, 1.54) is 7.11 Å². The fourth-order valence-electron chi connectivity index (χ4n) is 1.14. The van der Waals surface area contributed by atoms with Gasteiger partial charge in [0.05, 0.1) is 7.11 Å². The molecule has 0 aliphatic carbocycles. The van der Waals surface area contributed by atoms with Gasteiger partial charge in [-0.25, -0.2) is 0 Å². The Morgan fingerprint density at radius 3 is 2.94 bits per heavy atom. The SMILES string of the molecule is CC#Cc1ccccc1C=NCC(=O)OC. The van der Waals surface area contributed by atoms with Gasteiger partial charge in [0, 0.05) is 17.3 Å². The second kappa shape index (κ2) is 6.41.